The minimum Gasteiger partial charge on any atom is -0.481 e. The Morgan fingerprint density at radius 1 is 1.40 bits per heavy atom. The van der Waals surface area contributed by atoms with E-state index in [9.17, 15) is 9.59 Å². The molecule has 6 heteroatoms. The lowest BCUT2D eigenvalue weighted by molar-refractivity contribution is 0.0950. The SMILES string of the molecule is COc1ncccc1CNC(=O)c1ccc(=O)n(C)c1. The lowest BCUT2D eigenvalue weighted by Crippen LogP contribution is -2.25. The number of amides is 1. The summed E-state index contributed by atoms with van der Waals surface area (Å²) in [6.45, 7) is 0.304. The average Bonchev–Trinajstić information content (AvgIpc) is 2.47. The van der Waals surface area contributed by atoms with E-state index < -0.39 is 0 Å². The van der Waals surface area contributed by atoms with Crippen LogP contribution in [0.4, 0.5) is 0 Å². The van der Waals surface area contributed by atoms with Gasteiger partial charge in [-0.1, -0.05) is 6.07 Å². The fraction of sp³-hybridized carbons (Fsp3) is 0.214. The number of carbonyl (C=O) groups excluding carboxylic acids is 1. The number of carbonyl (C=O) groups is 1. The van der Waals surface area contributed by atoms with Gasteiger partial charge in [-0.3, -0.25) is 9.59 Å². The van der Waals surface area contributed by atoms with Crippen molar-refractivity contribution in [3.8, 4) is 5.88 Å². The van der Waals surface area contributed by atoms with Crippen molar-refractivity contribution in [1.29, 1.82) is 0 Å². The largest absolute Gasteiger partial charge is 0.481 e. The number of nitrogens with one attached hydrogen (secondary N) is 1. The van der Waals surface area contributed by atoms with E-state index in [1.807, 2.05) is 6.07 Å². The minimum absolute atomic E-state index is 0.157. The van der Waals surface area contributed by atoms with Crippen LogP contribution in [0.15, 0.2) is 41.5 Å². The molecule has 2 heterocycles. The number of hydrogen-bond donors (Lipinski definition) is 1. The molecule has 20 heavy (non-hydrogen) atoms. The van der Waals surface area contributed by atoms with Crippen molar-refractivity contribution in [1.82, 2.24) is 14.9 Å². The molecule has 6 nitrogen and oxygen atoms in total. The van der Waals surface area contributed by atoms with E-state index >= 15 is 0 Å². The van der Waals surface area contributed by atoms with Gasteiger partial charge in [0.2, 0.25) is 11.4 Å². The van der Waals surface area contributed by atoms with E-state index in [0.717, 1.165) is 5.56 Å². The molecule has 0 aliphatic heterocycles. The van der Waals surface area contributed by atoms with Crippen molar-refractivity contribution < 1.29 is 9.53 Å². The molecule has 0 unspecified atom stereocenters. The maximum atomic E-state index is 12.0. The number of ether oxygens (including phenoxy) is 1. The van der Waals surface area contributed by atoms with Gasteiger partial charge in [0.15, 0.2) is 0 Å². The lowest BCUT2D eigenvalue weighted by Gasteiger charge is -2.09. The van der Waals surface area contributed by atoms with Crippen LogP contribution in [0.1, 0.15) is 15.9 Å². The summed E-state index contributed by atoms with van der Waals surface area (Å²) in [5.41, 5.74) is 1.05. The summed E-state index contributed by atoms with van der Waals surface area (Å²) in [6, 6.07) is 6.46. The Kier molecular flexibility index (Phi) is 4.14. The summed E-state index contributed by atoms with van der Waals surface area (Å²) in [7, 11) is 3.13. The molecule has 0 radical (unpaired) electrons. The van der Waals surface area contributed by atoms with Crippen molar-refractivity contribution in [2.75, 3.05) is 7.11 Å². The van der Waals surface area contributed by atoms with E-state index in [1.54, 1.807) is 19.3 Å². The Labute approximate surface area is 116 Å². The number of aromatic nitrogens is 2. The van der Waals surface area contributed by atoms with Crippen molar-refractivity contribution in [3.05, 3.63) is 58.1 Å². The molecule has 0 aliphatic rings. The number of nitrogens with zero attached hydrogens (tertiary/aromatic N) is 2. The Balaban J connectivity index is 2.08. The van der Waals surface area contributed by atoms with Crippen LogP contribution >= 0.6 is 0 Å². The number of rotatable bonds is 4. The molecule has 1 N–H and O–H groups in total. The minimum atomic E-state index is -0.258. The number of methoxy groups -OCH3 is 1. The van der Waals surface area contributed by atoms with Gasteiger partial charge >= 0.3 is 0 Å². The molecule has 0 aliphatic carbocycles. The first-order valence-corrected chi connectivity index (χ1v) is 6.04. The van der Waals surface area contributed by atoms with Gasteiger partial charge in [-0.15, -0.1) is 0 Å². The molecule has 0 fully saturated rings. The van der Waals surface area contributed by atoms with Crippen molar-refractivity contribution in [3.63, 3.8) is 0 Å². The summed E-state index contributed by atoms with van der Waals surface area (Å²) in [4.78, 5) is 27.3. The Morgan fingerprint density at radius 2 is 2.20 bits per heavy atom. The van der Waals surface area contributed by atoms with E-state index in [0.29, 0.717) is 18.0 Å². The highest BCUT2D eigenvalue weighted by Gasteiger charge is 2.08. The molecule has 0 aromatic carbocycles. The second kappa shape index (κ2) is 6.01. The van der Waals surface area contributed by atoms with Crippen molar-refractivity contribution >= 4 is 5.91 Å². The van der Waals surface area contributed by atoms with E-state index in [4.69, 9.17) is 4.74 Å². The standard InChI is InChI=1S/C14H15N3O3/c1-17-9-11(5-6-12(17)18)13(19)16-8-10-4-3-7-15-14(10)20-2/h3-7,9H,8H2,1-2H3,(H,16,19). The number of hydrogen-bond acceptors (Lipinski definition) is 4. The summed E-state index contributed by atoms with van der Waals surface area (Å²) in [5, 5.41) is 2.76. The van der Waals surface area contributed by atoms with Crippen molar-refractivity contribution in [2.45, 2.75) is 6.54 Å². The van der Waals surface area contributed by atoms with E-state index in [-0.39, 0.29) is 11.5 Å². The quantitative estimate of drug-likeness (QED) is 0.890. The van der Waals surface area contributed by atoms with Crippen LogP contribution in [0.5, 0.6) is 5.88 Å². The topological polar surface area (TPSA) is 73.2 Å². The molecule has 0 saturated carbocycles. The van der Waals surface area contributed by atoms with Gasteiger partial charge in [0.25, 0.3) is 5.91 Å². The predicted octanol–water partition coefficient (Wildman–Crippen LogP) is 0.719. The Hall–Kier alpha value is -2.63. The molecule has 2 aromatic rings. The fourth-order valence-corrected chi connectivity index (χ4v) is 1.75. The van der Waals surface area contributed by atoms with Crippen LogP contribution in [0, 0.1) is 0 Å². The molecular formula is C14H15N3O3. The van der Waals surface area contributed by atoms with Crippen molar-refractivity contribution in [2.24, 2.45) is 7.05 Å². The zero-order valence-electron chi connectivity index (χ0n) is 11.3. The normalized spacial score (nSPS) is 10.1. The highest BCUT2D eigenvalue weighted by molar-refractivity contribution is 5.93. The van der Waals surface area contributed by atoms with Crippen LogP contribution in [0.25, 0.3) is 0 Å². The molecule has 2 aromatic heterocycles. The molecule has 0 bridgehead atoms. The summed E-state index contributed by atoms with van der Waals surface area (Å²) >= 11 is 0. The van der Waals surface area contributed by atoms with E-state index in [1.165, 1.54) is 30.0 Å². The molecule has 0 atom stereocenters. The lowest BCUT2D eigenvalue weighted by atomic mass is 10.2. The summed E-state index contributed by atoms with van der Waals surface area (Å²) in [6.07, 6.45) is 3.12. The monoisotopic (exact) mass is 273 g/mol. The number of pyridine rings is 2. The van der Waals surface area contributed by atoms with Gasteiger partial charge in [-0.05, 0) is 12.1 Å². The third kappa shape index (κ3) is 3.03. The summed E-state index contributed by atoms with van der Waals surface area (Å²) in [5.74, 6) is 0.222. The third-order valence-electron chi connectivity index (χ3n) is 2.83. The van der Waals surface area contributed by atoms with Gasteiger partial charge in [0, 0.05) is 37.6 Å². The fourth-order valence-electron chi connectivity index (χ4n) is 1.75. The zero-order chi connectivity index (χ0) is 14.5. The first-order chi connectivity index (χ1) is 9.61. The Morgan fingerprint density at radius 3 is 2.90 bits per heavy atom. The molecular weight excluding hydrogens is 258 g/mol. The molecule has 1 amide bonds. The predicted molar refractivity (Wildman–Crippen MR) is 73.6 cm³/mol. The average molecular weight is 273 g/mol. The maximum absolute atomic E-state index is 12.0. The van der Waals surface area contributed by atoms with Crippen LogP contribution in [0.2, 0.25) is 0 Å². The molecule has 0 spiro atoms. The highest BCUT2D eigenvalue weighted by atomic mass is 16.5. The first kappa shape index (κ1) is 13.8. The van der Waals surface area contributed by atoms with Gasteiger partial charge < -0.3 is 14.6 Å². The van der Waals surface area contributed by atoms with Crippen LogP contribution < -0.4 is 15.6 Å². The molecule has 2 rings (SSSR count). The zero-order valence-corrected chi connectivity index (χ0v) is 11.3. The Bertz CT molecular complexity index is 679. The van der Waals surface area contributed by atoms with E-state index in [2.05, 4.69) is 10.3 Å². The molecule has 104 valence electrons. The van der Waals surface area contributed by atoms with Crippen LogP contribution in [0.3, 0.4) is 0 Å². The maximum Gasteiger partial charge on any atom is 0.253 e. The molecule has 0 saturated heterocycles. The van der Waals surface area contributed by atoms with Gasteiger partial charge in [0.1, 0.15) is 0 Å². The first-order valence-electron chi connectivity index (χ1n) is 6.04. The third-order valence-corrected chi connectivity index (χ3v) is 2.83. The second-order valence-electron chi connectivity index (χ2n) is 4.22. The summed E-state index contributed by atoms with van der Waals surface area (Å²) < 4.78 is 6.47. The van der Waals surface area contributed by atoms with Gasteiger partial charge in [-0.2, -0.15) is 0 Å². The number of aryl methyl sites for hydroxylation is 1. The van der Waals surface area contributed by atoms with Crippen LogP contribution in [-0.4, -0.2) is 22.6 Å². The van der Waals surface area contributed by atoms with Gasteiger partial charge in [0.05, 0.1) is 12.7 Å². The van der Waals surface area contributed by atoms with Gasteiger partial charge in [-0.25, -0.2) is 4.98 Å². The van der Waals surface area contributed by atoms with Crippen LogP contribution in [-0.2, 0) is 13.6 Å². The highest BCUT2D eigenvalue weighted by Crippen LogP contribution is 2.13. The smallest absolute Gasteiger partial charge is 0.253 e. The second-order valence-corrected chi connectivity index (χ2v) is 4.22.